The van der Waals surface area contributed by atoms with Gasteiger partial charge in [0.2, 0.25) is 0 Å². The molecule has 4 heteroatoms. The standard InChI is InChI=1S/C14H19Br2NO/c1-10-5-6-17(9-14(10)16)8-11-7-12(18-2)3-4-13(11)15/h3-4,7,10,14H,5-6,8-9H2,1-2H3. The first-order valence-electron chi connectivity index (χ1n) is 6.29. The summed E-state index contributed by atoms with van der Waals surface area (Å²) in [5, 5.41) is 0. The number of hydrogen-bond donors (Lipinski definition) is 0. The van der Waals surface area contributed by atoms with Gasteiger partial charge in [-0.3, -0.25) is 4.90 Å². The van der Waals surface area contributed by atoms with Crippen molar-refractivity contribution >= 4 is 31.9 Å². The number of hydrogen-bond acceptors (Lipinski definition) is 2. The van der Waals surface area contributed by atoms with Gasteiger partial charge >= 0.3 is 0 Å². The van der Waals surface area contributed by atoms with Crippen LogP contribution < -0.4 is 4.74 Å². The normalized spacial score (nSPS) is 25.1. The van der Waals surface area contributed by atoms with E-state index in [1.807, 2.05) is 6.07 Å². The van der Waals surface area contributed by atoms with Crippen molar-refractivity contribution < 1.29 is 4.74 Å². The highest BCUT2D eigenvalue weighted by Gasteiger charge is 2.24. The Bertz CT molecular complexity index is 411. The molecule has 0 saturated carbocycles. The maximum atomic E-state index is 5.29. The molecule has 100 valence electrons. The zero-order valence-electron chi connectivity index (χ0n) is 10.8. The van der Waals surface area contributed by atoms with E-state index < -0.39 is 0 Å². The van der Waals surface area contributed by atoms with Crippen LogP contribution in [-0.4, -0.2) is 29.9 Å². The van der Waals surface area contributed by atoms with Crippen molar-refractivity contribution in [3.05, 3.63) is 28.2 Å². The Labute approximate surface area is 126 Å². The average molecular weight is 377 g/mol. The minimum absolute atomic E-state index is 0.607. The van der Waals surface area contributed by atoms with E-state index in [9.17, 15) is 0 Å². The van der Waals surface area contributed by atoms with E-state index in [0.717, 1.165) is 29.2 Å². The number of alkyl halides is 1. The van der Waals surface area contributed by atoms with Crippen LogP contribution in [0.2, 0.25) is 0 Å². The number of halogens is 2. The molecule has 0 aliphatic carbocycles. The quantitative estimate of drug-likeness (QED) is 0.737. The number of methoxy groups -OCH3 is 1. The zero-order valence-corrected chi connectivity index (χ0v) is 14.0. The molecule has 0 aromatic heterocycles. The predicted octanol–water partition coefficient (Wildman–Crippen LogP) is 4.06. The van der Waals surface area contributed by atoms with Crippen molar-refractivity contribution in [1.82, 2.24) is 4.90 Å². The highest BCUT2D eigenvalue weighted by atomic mass is 79.9. The van der Waals surface area contributed by atoms with Crippen LogP contribution in [0.5, 0.6) is 5.75 Å². The molecular formula is C14H19Br2NO. The summed E-state index contributed by atoms with van der Waals surface area (Å²) < 4.78 is 6.45. The summed E-state index contributed by atoms with van der Waals surface area (Å²) >= 11 is 7.40. The van der Waals surface area contributed by atoms with Crippen LogP contribution in [0.15, 0.2) is 22.7 Å². The maximum absolute atomic E-state index is 5.29. The summed E-state index contributed by atoms with van der Waals surface area (Å²) in [6, 6.07) is 6.16. The molecule has 1 aliphatic heterocycles. The highest BCUT2D eigenvalue weighted by molar-refractivity contribution is 9.10. The molecule has 2 nitrogen and oxygen atoms in total. The fourth-order valence-electron chi connectivity index (χ4n) is 2.27. The average Bonchev–Trinajstić information content (AvgIpc) is 2.36. The molecule has 0 spiro atoms. The number of nitrogens with zero attached hydrogens (tertiary/aromatic N) is 1. The molecule has 0 N–H and O–H groups in total. The molecule has 1 aliphatic rings. The van der Waals surface area contributed by atoms with Crippen LogP contribution in [0.1, 0.15) is 18.9 Å². The van der Waals surface area contributed by atoms with Crippen molar-refractivity contribution in [3.63, 3.8) is 0 Å². The van der Waals surface area contributed by atoms with Crippen LogP contribution in [0.25, 0.3) is 0 Å². The Morgan fingerprint density at radius 2 is 2.22 bits per heavy atom. The Hall–Kier alpha value is -0.0600. The zero-order chi connectivity index (χ0) is 13.1. The predicted molar refractivity (Wildman–Crippen MR) is 82.5 cm³/mol. The lowest BCUT2D eigenvalue weighted by Crippen LogP contribution is -2.39. The van der Waals surface area contributed by atoms with E-state index >= 15 is 0 Å². The molecule has 0 amide bonds. The van der Waals surface area contributed by atoms with Crippen molar-refractivity contribution in [2.75, 3.05) is 20.2 Å². The lowest BCUT2D eigenvalue weighted by molar-refractivity contribution is 0.193. The molecule has 18 heavy (non-hydrogen) atoms. The van der Waals surface area contributed by atoms with Crippen molar-refractivity contribution in [2.45, 2.75) is 24.7 Å². The number of benzene rings is 1. The smallest absolute Gasteiger partial charge is 0.119 e. The fraction of sp³-hybridized carbons (Fsp3) is 0.571. The van der Waals surface area contributed by atoms with Gasteiger partial charge in [-0.25, -0.2) is 0 Å². The van der Waals surface area contributed by atoms with Crippen LogP contribution in [-0.2, 0) is 6.54 Å². The molecular weight excluding hydrogens is 358 g/mol. The molecule has 2 rings (SSSR count). The molecule has 1 fully saturated rings. The Morgan fingerprint density at radius 3 is 2.89 bits per heavy atom. The van der Waals surface area contributed by atoms with Gasteiger partial charge in [-0.15, -0.1) is 0 Å². The first-order chi connectivity index (χ1) is 8.60. The Balaban J connectivity index is 2.05. The van der Waals surface area contributed by atoms with Gasteiger partial charge in [0.05, 0.1) is 7.11 Å². The van der Waals surface area contributed by atoms with Gasteiger partial charge in [-0.2, -0.15) is 0 Å². The largest absolute Gasteiger partial charge is 0.497 e. The van der Waals surface area contributed by atoms with Gasteiger partial charge in [-0.1, -0.05) is 38.8 Å². The van der Waals surface area contributed by atoms with Gasteiger partial charge in [0, 0.05) is 22.4 Å². The third-order valence-corrected chi connectivity index (χ3v) is 5.56. The van der Waals surface area contributed by atoms with Crippen LogP contribution in [0.4, 0.5) is 0 Å². The van der Waals surface area contributed by atoms with Gasteiger partial charge in [0.15, 0.2) is 0 Å². The second kappa shape index (κ2) is 6.40. The number of piperidine rings is 1. The fourth-order valence-corrected chi connectivity index (χ4v) is 3.31. The van der Waals surface area contributed by atoms with Gasteiger partial charge < -0.3 is 4.74 Å². The van der Waals surface area contributed by atoms with Crippen molar-refractivity contribution in [3.8, 4) is 5.75 Å². The van der Waals surface area contributed by atoms with E-state index in [2.05, 4.69) is 55.8 Å². The van der Waals surface area contributed by atoms with Gasteiger partial charge in [0.25, 0.3) is 0 Å². The van der Waals surface area contributed by atoms with Crippen molar-refractivity contribution in [1.29, 1.82) is 0 Å². The maximum Gasteiger partial charge on any atom is 0.119 e. The third kappa shape index (κ3) is 3.49. The SMILES string of the molecule is COc1ccc(Br)c(CN2CCC(C)C(Br)C2)c1. The second-order valence-electron chi connectivity index (χ2n) is 4.97. The summed E-state index contributed by atoms with van der Waals surface area (Å²) in [6.45, 7) is 5.59. The Kier molecular flexibility index (Phi) is 5.10. The highest BCUT2D eigenvalue weighted by Crippen LogP contribution is 2.28. The van der Waals surface area contributed by atoms with Gasteiger partial charge in [-0.05, 0) is 42.6 Å². The first-order valence-corrected chi connectivity index (χ1v) is 8.00. The van der Waals surface area contributed by atoms with E-state index in [4.69, 9.17) is 4.74 Å². The molecule has 2 atom stereocenters. The lowest BCUT2D eigenvalue weighted by Gasteiger charge is -2.34. The monoisotopic (exact) mass is 375 g/mol. The summed E-state index contributed by atoms with van der Waals surface area (Å²) in [7, 11) is 1.71. The van der Waals surface area contributed by atoms with Crippen LogP contribution in [0.3, 0.4) is 0 Å². The van der Waals surface area contributed by atoms with E-state index in [1.54, 1.807) is 7.11 Å². The summed E-state index contributed by atoms with van der Waals surface area (Å²) in [5.74, 6) is 1.70. The summed E-state index contributed by atoms with van der Waals surface area (Å²) in [6.07, 6.45) is 1.26. The molecule has 0 radical (unpaired) electrons. The van der Waals surface area contributed by atoms with E-state index in [0.29, 0.717) is 4.83 Å². The summed E-state index contributed by atoms with van der Waals surface area (Å²) in [4.78, 5) is 3.11. The minimum Gasteiger partial charge on any atom is -0.497 e. The van der Waals surface area contributed by atoms with E-state index in [-0.39, 0.29) is 0 Å². The molecule has 0 bridgehead atoms. The number of rotatable bonds is 3. The van der Waals surface area contributed by atoms with Crippen molar-refractivity contribution in [2.24, 2.45) is 5.92 Å². The number of likely N-dealkylation sites (tertiary alicyclic amines) is 1. The van der Waals surface area contributed by atoms with E-state index in [1.165, 1.54) is 18.5 Å². The third-order valence-electron chi connectivity index (χ3n) is 3.60. The summed E-state index contributed by atoms with van der Waals surface area (Å²) in [5.41, 5.74) is 1.30. The first kappa shape index (κ1) is 14.4. The molecule has 1 aromatic carbocycles. The molecule has 1 aromatic rings. The van der Waals surface area contributed by atoms with Gasteiger partial charge in [0.1, 0.15) is 5.75 Å². The Morgan fingerprint density at radius 1 is 1.44 bits per heavy atom. The number of ether oxygens (including phenoxy) is 1. The van der Waals surface area contributed by atoms with Crippen LogP contribution >= 0.6 is 31.9 Å². The second-order valence-corrected chi connectivity index (χ2v) is 7.00. The molecule has 2 unspecified atom stereocenters. The topological polar surface area (TPSA) is 12.5 Å². The molecule has 1 saturated heterocycles. The lowest BCUT2D eigenvalue weighted by atomic mass is 9.98. The van der Waals surface area contributed by atoms with Crippen LogP contribution in [0, 0.1) is 5.92 Å². The minimum atomic E-state index is 0.607. The molecule has 1 heterocycles.